The van der Waals surface area contributed by atoms with E-state index in [-0.39, 0.29) is 42.3 Å². The number of allylic oxidation sites excluding steroid dienone is 2. The largest absolute Gasteiger partial charge is 0.391 e. The van der Waals surface area contributed by atoms with Crippen molar-refractivity contribution in [3.8, 4) is 0 Å². The van der Waals surface area contributed by atoms with Crippen molar-refractivity contribution in [3.05, 3.63) is 94.6 Å². The van der Waals surface area contributed by atoms with Gasteiger partial charge in [-0.3, -0.25) is 14.4 Å². The van der Waals surface area contributed by atoms with Crippen LogP contribution in [0, 0.1) is 23.0 Å². The fourth-order valence-electron chi connectivity index (χ4n) is 6.31. The van der Waals surface area contributed by atoms with E-state index < -0.39 is 41.0 Å². The van der Waals surface area contributed by atoms with E-state index >= 15 is 0 Å². The second-order valence-electron chi connectivity index (χ2n) is 11.9. The van der Waals surface area contributed by atoms with Crippen LogP contribution in [-0.2, 0) is 27.2 Å². The third-order valence-corrected chi connectivity index (χ3v) is 8.28. The van der Waals surface area contributed by atoms with Crippen LogP contribution in [-0.4, -0.2) is 66.6 Å². The van der Waals surface area contributed by atoms with Crippen LogP contribution in [0.5, 0.6) is 0 Å². The van der Waals surface area contributed by atoms with Crippen LogP contribution in [0.15, 0.2) is 71.8 Å². The predicted octanol–water partition coefficient (Wildman–Crippen LogP) is 3.83. The van der Waals surface area contributed by atoms with Crippen molar-refractivity contribution in [1.82, 2.24) is 15.5 Å². The highest BCUT2D eigenvalue weighted by atomic mass is 19.1. The molecule has 2 aromatic rings. The minimum absolute atomic E-state index is 0.0888. The molecule has 45 heavy (non-hydrogen) atoms. The Morgan fingerprint density at radius 3 is 2.18 bits per heavy atom. The van der Waals surface area contributed by atoms with Gasteiger partial charge in [0.05, 0.1) is 17.6 Å². The Hall–Kier alpha value is -3.89. The van der Waals surface area contributed by atoms with Gasteiger partial charge < -0.3 is 26.4 Å². The molecule has 0 radical (unpaired) electrons. The van der Waals surface area contributed by atoms with E-state index in [0.29, 0.717) is 37.9 Å². The van der Waals surface area contributed by atoms with Crippen molar-refractivity contribution in [2.45, 2.75) is 65.0 Å². The molecule has 10 heteroatoms. The maximum Gasteiger partial charge on any atom is 0.244 e. The molecule has 0 fully saturated rings. The van der Waals surface area contributed by atoms with Crippen LogP contribution in [0.4, 0.5) is 8.78 Å². The summed E-state index contributed by atoms with van der Waals surface area (Å²) in [6, 6.07) is 11.8. The van der Waals surface area contributed by atoms with E-state index in [1.54, 1.807) is 24.0 Å². The molecule has 4 atom stereocenters. The Morgan fingerprint density at radius 1 is 1.00 bits per heavy atom. The van der Waals surface area contributed by atoms with Crippen molar-refractivity contribution in [2.24, 2.45) is 17.1 Å². The summed E-state index contributed by atoms with van der Waals surface area (Å²) in [5, 5.41) is 17.8. The lowest BCUT2D eigenvalue weighted by Gasteiger charge is -2.45. The first-order valence-electron chi connectivity index (χ1n) is 15.5. The number of carbonyl (C=O) groups is 3. The molecule has 0 bridgehead atoms. The first-order valence-corrected chi connectivity index (χ1v) is 15.5. The average molecular weight is 625 g/mol. The van der Waals surface area contributed by atoms with Crippen LogP contribution in [0.2, 0.25) is 0 Å². The van der Waals surface area contributed by atoms with Crippen LogP contribution in [0.3, 0.4) is 0 Å². The third-order valence-electron chi connectivity index (χ3n) is 8.28. The lowest BCUT2D eigenvalue weighted by Crippen LogP contribution is -2.55. The number of carbonyl (C=O) groups excluding carboxylic acids is 3. The summed E-state index contributed by atoms with van der Waals surface area (Å²) < 4.78 is 28.8. The molecule has 2 aromatic carbocycles. The second kappa shape index (κ2) is 16.4. The molecule has 0 spiro atoms. The maximum atomic E-state index is 14.7. The Labute approximate surface area is 264 Å². The molecule has 5 N–H and O–H groups in total. The molecule has 0 saturated heterocycles. The third kappa shape index (κ3) is 9.31. The highest BCUT2D eigenvalue weighted by Crippen LogP contribution is 2.45. The SMILES string of the molecule is CCCN(CCC)C(=O)C1([C@H](Cc2cc(F)cc(F)c2)[C@@H](O)CN[C@@H](Cc2ccccc2)C(=O)NC)C=C(C)C=C(C(N)=O)C1. The highest BCUT2D eigenvalue weighted by molar-refractivity contribution is 5.96. The van der Waals surface area contributed by atoms with Crippen molar-refractivity contribution < 1.29 is 28.3 Å². The molecular weight excluding hydrogens is 578 g/mol. The number of amides is 3. The van der Waals surface area contributed by atoms with Gasteiger partial charge in [0.2, 0.25) is 17.7 Å². The first-order chi connectivity index (χ1) is 21.4. The van der Waals surface area contributed by atoms with Gasteiger partial charge in [-0.15, -0.1) is 0 Å². The Kier molecular flexibility index (Phi) is 13.0. The number of hydrogen-bond donors (Lipinski definition) is 4. The van der Waals surface area contributed by atoms with E-state index in [4.69, 9.17) is 5.73 Å². The number of nitrogens with one attached hydrogen (secondary N) is 2. The number of aliphatic hydroxyl groups excluding tert-OH is 1. The molecule has 0 aromatic heterocycles. The molecule has 1 aliphatic rings. The summed E-state index contributed by atoms with van der Waals surface area (Å²) in [7, 11) is 1.52. The fourth-order valence-corrected chi connectivity index (χ4v) is 6.31. The number of nitrogens with zero attached hydrogens (tertiary/aromatic N) is 1. The molecule has 8 nitrogen and oxygen atoms in total. The zero-order chi connectivity index (χ0) is 33.1. The van der Waals surface area contributed by atoms with Crippen LogP contribution >= 0.6 is 0 Å². The highest BCUT2D eigenvalue weighted by Gasteiger charge is 2.50. The number of aliphatic hydroxyl groups is 1. The molecule has 3 amide bonds. The summed E-state index contributed by atoms with van der Waals surface area (Å²) in [5.74, 6) is -3.81. The van der Waals surface area contributed by atoms with Crippen molar-refractivity contribution in [1.29, 1.82) is 0 Å². The minimum atomic E-state index is -1.47. The summed E-state index contributed by atoms with van der Waals surface area (Å²) in [6.45, 7) is 6.43. The van der Waals surface area contributed by atoms with E-state index in [0.717, 1.165) is 11.6 Å². The molecule has 244 valence electrons. The number of hydrogen-bond acceptors (Lipinski definition) is 5. The number of rotatable bonds is 16. The average Bonchev–Trinajstić information content (AvgIpc) is 3.00. The van der Waals surface area contributed by atoms with Gasteiger partial charge >= 0.3 is 0 Å². The van der Waals surface area contributed by atoms with Gasteiger partial charge in [-0.05, 0) is 62.3 Å². The quantitative estimate of drug-likeness (QED) is 0.226. The van der Waals surface area contributed by atoms with Crippen LogP contribution in [0.1, 0.15) is 51.2 Å². The van der Waals surface area contributed by atoms with Gasteiger partial charge in [-0.1, -0.05) is 61.9 Å². The molecule has 3 rings (SSSR count). The molecule has 0 aliphatic heterocycles. The topological polar surface area (TPSA) is 125 Å². The molecule has 1 unspecified atom stereocenters. The predicted molar refractivity (Wildman–Crippen MR) is 171 cm³/mol. The lowest BCUT2D eigenvalue weighted by molar-refractivity contribution is -0.145. The van der Waals surface area contributed by atoms with Crippen molar-refractivity contribution in [3.63, 3.8) is 0 Å². The van der Waals surface area contributed by atoms with E-state index in [2.05, 4.69) is 10.6 Å². The number of likely N-dealkylation sites (N-methyl/N-ethyl adjacent to an activating group) is 1. The fraction of sp³-hybridized carbons (Fsp3) is 0.457. The number of nitrogens with two attached hydrogens (primary N) is 1. The zero-order valence-corrected chi connectivity index (χ0v) is 26.6. The van der Waals surface area contributed by atoms with Gasteiger partial charge in [0.25, 0.3) is 0 Å². The van der Waals surface area contributed by atoms with Crippen molar-refractivity contribution >= 4 is 17.7 Å². The molecular formula is C35H46F2N4O4. The van der Waals surface area contributed by atoms with Gasteiger partial charge in [-0.25, -0.2) is 8.78 Å². The Morgan fingerprint density at radius 2 is 1.62 bits per heavy atom. The van der Waals surface area contributed by atoms with E-state index in [1.807, 2.05) is 44.2 Å². The standard InChI is InChI=1S/C35H46F2N4O4/c1-5-12-41(13-6-2)34(45)35(20-23(3)14-26(21-35)32(38)43)29(17-25-15-27(36)19-28(37)16-25)31(42)22-40-30(33(44)39-4)18-24-10-8-7-9-11-24/h7-11,14-16,19-20,29-31,40,42H,5-6,12-13,17-18,21-22H2,1-4H3,(H2,38,43)(H,39,44)/t29-,30+,31+,35?/m1/s1. The van der Waals surface area contributed by atoms with Gasteiger partial charge in [0, 0.05) is 44.2 Å². The zero-order valence-electron chi connectivity index (χ0n) is 26.6. The second-order valence-corrected chi connectivity index (χ2v) is 11.9. The number of primary amides is 1. The Balaban J connectivity index is 2.12. The minimum Gasteiger partial charge on any atom is -0.391 e. The lowest BCUT2D eigenvalue weighted by atomic mass is 9.63. The maximum absolute atomic E-state index is 14.7. The number of halogens is 2. The van der Waals surface area contributed by atoms with Gasteiger partial charge in [-0.2, -0.15) is 0 Å². The monoisotopic (exact) mass is 624 g/mol. The van der Waals surface area contributed by atoms with Gasteiger partial charge in [0.15, 0.2) is 0 Å². The van der Waals surface area contributed by atoms with Gasteiger partial charge in [0.1, 0.15) is 11.6 Å². The molecule has 0 heterocycles. The van der Waals surface area contributed by atoms with Crippen LogP contribution in [0.25, 0.3) is 0 Å². The van der Waals surface area contributed by atoms with E-state index in [1.165, 1.54) is 19.2 Å². The molecule has 1 aliphatic carbocycles. The summed E-state index contributed by atoms with van der Waals surface area (Å²) in [4.78, 5) is 41.8. The van der Waals surface area contributed by atoms with E-state index in [9.17, 15) is 28.3 Å². The molecule has 0 saturated carbocycles. The normalized spacial score (nSPS) is 18.3. The smallest absolute Gasteiger partial charge is 0.244 e. The summed E-state index contributed by atoms with van der Waals surface area (Å²) in [6.07, 6.45) is 3.61. The Bertz CT molecular complexity index is 1370. The number of benzene rings is 2. The first kappa shape index (κ1) is 35.6. The van der Waals surface area contributed by atoms with Crippen LogP contribution < -0.4 is 16.4 Å². The summed E-state index contributed by atoms with van der Waals surface area (Å²) in [5.41, 5.74) is 6.27. The van der Waals surface area contributed by atoms with Crippen molar-refractivity contribution in [2.75, 3.05) is 26.7 Å². The summed E-state index contributed by atoms with van der Waals surface area (Å²) >= 11 is 0.